The summed E-state index contributed by atoms with van der Waals surface area (Å²) in [6, 6.07) is 6.35. The van der Waals surface area contributed by atoms with Crippen LogP contribution in [0, 0.1) is 13.8 Å². The van der Waals surface area contributed by atoms with Crippen molar-refractivity contribution in [1.29, 1.82) is 0 Å². The normalized spacial score (nSPS) is 12.6. The molecule has 0 bridgehead atoms. The molecule has 0 aromatic heterocycles. The molecule has 0 aliphatic heterocycles. The fraction of sp³-hybridized carbons (Fsp3) is 0.588. The molecule has 0 aliphatic rings. The van der Waals surface area contributed by atoms with Crippen LogP contribution in [-0.2, 0) is 11.2 Å². The van der Waals surface area contributed by atoms with Crippen LogP contribution in [0.3, 0.4) is 0 Å². The van der Waals surface area contributed by atoms with E-state index >= 15 is 0 Å². The van der Waals surface area contributed by atoms with Gasteiger partial charge in [0.1, 0.15) is 0 Å². The van der Waals surface area contributed by atoms with Gasteiger partial charge in [0, 0.05) is 6.04 Å². The summed E-state index contributed by atoms with van der Waals surface area (Å²) in [6.45, 7) is 6.04. The van der Waals surface area contributed by atoms with Gasteiger partial charge in [0.2, 0.25) is 0 Å². The number of benzene rings is 1. The van der Waals surface area contributed by atoms with Crippen LogP contribution in [0.5, 0.6) is 0 Å². The highest BCUT2D eigenvalue weighted by molar-refractivity contribution is 5.67. The second-order valence-electron chi connectivity index (χ2n) is 6.03. The molecule has 1 atom stereocenters. The fourth-order valence-corrected chi connectivity index (χ4v) is 2.34. The maximum Gasteiger partial charge on any atom is 0.304 e. The Morgan fingerprint density at radius 2 is 2.00 bits per heavy atom. The topological polar surface area (TPSA) is 52.6 Å². The number of aliphatic carboxylic acids is 1. The van der Waals surface area contributed by atoms with Crippen LogP contribution < -0.4 is 5.32 Å². The lowest BCUT2D eigenvalue weighted by Gasteiger charge is -2.18. The summed E-state index contributed by atoms with van der Waals surface area (Å²) in [5.41, 5.74) is 3.73. The molecule has 0 radical (unpaired) electrons. The lowest BCUT2D eigenvalue weighted by molar-refractivity contribution is -0.137. The minimum atomic E-state index is -0.746. The Hall–Kier alpha value is -1.39. The third-order valence-electron chi connectivity index (χ3n) is 3.69. The number of rotatable bonds is 9. The van der Waals surface area contributed by atoms with E-state index in [-0.39, 0.29) is 12.5 Å². The van der Waals surface area contributed by atoms with Gasteiger partial charge in [0.15, 0.2) is 0 Å². The van der Waals surface area contributed by atoms with Gasteiger partial charge in [-0.05, 0) is 70.6 Å². The molecular formula is C17H28N2O2. The zero-order valence-electron chi connectivity index (χ0n) is 13.6. The van der Waals surface area contributed by atoms with Gasteiger partial charge in [-0.2, -0.15) is 0 Å². The Labute approximate surface area is 128 Å². The summed E-state index contributed by atoms with van der Waals surface area (Å²) in [6.07, 6.45) is 1.94. The number of nitrogens with one attached hydrogen (secondary N) is 1. The van der Waals surface area contributed by atoms with Crippen LogP contribution in [0.1, 0.15) is 29.5 Å². The van der Waals surface area contributed by atoms with E-state index in [1.165, 1.54) is 16.7 Å². The summed E-state index contributed by atoms with van der Waals surface area (Å²) >= 11 is 0. The first-order chi connectivity index (χ1) is 9.88. The van der Waals surface area contributed by atoms with Gasteiger partial charge < -0.3 is 15.3 Å². The molecule has 0 spiro atoms. The van der Waals surface area contributed by atoms with Crippen molar-refractivity contribution in [1.82, 2.24) is 10.2 Å². The molecule has 1 rings (SSSR count). The average Bonchev–Trinajstić information content (AvgIpc) is 2.38. The van der Waals surface area contributed by atoms with Crippen molar-refractivity contribution in [3.05, 3.63) is 34.9 Å². The summed E-state index contributed by atoms with van der Waals surface area (Å²) < 4.78 is 0. The number of hydrogen-bond acceptors (Lipinski definition) is 3. The van der Waals surface area contributed by atoms with Crippen LogP contribution >= 0.6 is 0 Å². The van der Waals surface area contributed by atoms with Crippen molar-refractivity contribution in [3.8, 4) is 0 Å². The van der Waals surface area contributed by atoms with E-state index in [4.69, 9.17) is 5.11 Å². The highest BCUT2D eigenvalue weighted by Crippen LogP contribution is 2.12. The number of aryl methyl sites for hydroxylation is 2. The Balaban J connectivity index is 2.56. The van der Waals surface area contributed by atoms with Crippen LogP contribution in [0.2, 0.25) is 0 Å². The highest BCUT2D eigenvalue weighted by atomic mass is 16.4. The maximum atomic E-state index is 11.0. The smallest absolute Gasteiger partial charge is 0.304 e. The van der Waals surface area contributed by atoms with Gasteiger partial charge in [-0.1, -0.05) is 18.2 Å². The summed E-state index contributed by atoms with van der Waals surface area (Å²) in [4.78, 5) is 13.1. The van der Waals surface area contributed by atoms with E-state index in [0.29, 0.717) is 0 Å². The van der Waals surface area contributed by atoms with Gasteiger partial charge in [0.05, 0.1) is 6.42 Å². The molecule has 1 unspecified atom stereocenters. The van der Waals surface area contributed by atoms with Crippen molar-refractivity contribution in [2.45, 2.75) is 39.2 Å². The van der Waals surface area contributed by atoms with Gasteiger partial charge in [0.25, 0.3) is 0 Å². The van der Waals surface area contributed by atoms with Crippen LogP contribution in [-0.4, -0.2) is 49.2 Å². The molecule has 0 heterocycles. The Bertz CT molecular complexity index is 458. The zero-order valence-corrected chi connectivity index (χ0v) is 13.6. The Morgan fingerprint density at radius 1 is 1.29 bits per heavy atom. The standard InChI is InChI=1S/C17H28N2O2/c1-13-6-7-15(10-14(13)2)11-16(12-17(20)21)18-8-5-9-19(3)4/h6-7,10,16,18H,5,8-9,11-12H2,1-4H3,(H,20,21). The molecular weight excluding hydrogens is 264 g/mol. The molecule has 118 valence electrons. The summed E-state index contributed by atoms with van der Waals surface area (Å²) in [7, 11) is 4.09. The predicted molar refractivity (Wildman–Crippen MR) is 86.8 cm³/mol. The maximum absolute atomic E-state index is 11.0. The van der Waals surface area contributed by atoms with Crippen LogP contribution in [0.25, 0.3) is 0 Å². The van der Waals surface area contributed by atoms with E-state index in [0.717, 1.165) is 25.9 Å². The van der Waals surface area contributed by atoms with Crippen molar-refractivity contribution in [3.63, 3.8) is 0 Å². The van der Waals surface area contributed by atoms with Gasteiger partial charge >= 0.3 is 5.97 Å². The monoisotopic (exact) mass is 292 g/mol. The predicted octanol–water partition coefficient (Wildman–Crippen LogP) is 2.23. The largest absolute Gasteiger partial charge is 0.481 e. The van der Waals surface area contributed by atoms with Crippen LogP contribution in [0.15, 0.2) is 18.2 Å². The number of nitrogens with zero attached hydrogens (tertiary/aromatic N) is 1. The quantitative estimate of drug-likeness (QED) is 0.685. The van der Waals surface area contributed by atoms with Gasteiger partial charge in [-0.3, -0.25) is 4.79 Å². The van der Waals surface area contributed by atoms with Gasteiger partial charge in [-0.25, -0.2) is 0 Å². The first-order valence-corrected chi connectivity index (χ1v) is 7.54. The molecule has 4 nitrogen and oxygen atoms in total. The van der Waals surface area contributed by atoms with E-state index in [2.05, 4.69) is 42.3 Å². The number of carbonyl (C=O) groups is 1. The SMILES string of the molecule is Cc1ccc(CC(CC(=O)O)NCCCN(C)C)cc1C. The fourth-order valence-electron chi connectivity index (χ4n) is 2.34. The third-order valence-corrected chi connectivity index (χ3v) is 3.69. The lowest BCUT2D eigenvalue weighted by Crippen LogP contribution is -2.35. The lowest BCUT2D eigenvalue weighted by atomic mass is 9.99. The Kier molecular flexibility index (Phi) is 7.40. The van der Waals surface area contributed by atoms with Crippen molar-refractivity contribution in [2.75, 3.05) is 27.2 Å². The molecule has 21 heavy (non-hydrogen) atoms. The minimum absolute atomic E-state index is 0.00762. The Morgan fingerprint density at radius 3 is 2.57 bits per heavy atom. The summed E-state index contributed by atoms with van der Waals surface area (Å²) in [5, 5.41) is 12.4. The van der Waals surface area contributed by atoms with E-state index in [1.807, 2.05) is 14.1 Å². The first kappa shape index (κ1) is 17.7. The van der Waals surface area contributed by atoms with Crippen molar-refractivity contribution < 1.29 is 9.90 Å². The molecule has 0 amide bonds. The van der Waals surface area contributed by atoms with E-state index in [9.17, 15) is 4.79 Å². The van der Waals surface area contributed by atoms with Crippen molar-refractivity contribution in [2.24, 2.45) is 0 Å². The first-order valence-electron chi connectivity index (χ1n) is 7.54. The minimum Gasteiger partial charge on any atom is -0.481 e. The van der Waals surface area contributed by atoms with E-state index < -0.39 is 5.97 Å². The number of carboxylic acid groups (broad SMARTS) is 1. The molecule has 2 N–H and O–H groups in total. The molecule has 0 aliphatic carbocycles. The number of hydrogen-bond donors (Lipinski definition) is 2. The second kappa shape index (κ2) is 8.80. The molecule has 0 saturated heterocycles. The number of carboxylic acids is 1. The highest BCUT2D eigenvalue weighted by Gasteiger charge is 2.13. The van der Waals surface area contributed by atoms with Crippen LogP contribution in [0.4, 0.5) is 0 Å². The molecule has 0 saturated carbocycles. The molecule has 4 heteroatoms. The molecule has 1 aromatic rings. The summed E-state index contributed by atoms with van der Waals surface area (Å²) in [5.74, 6) is -0.746. The van der Waals surface area contributed by atoms with E-state index in [1.54, 1.807) is 0 Å². The third kappa shape index (κ3) is 7.25. The van der Waals surface area contributed by atoms with Gasteiger partial charge in [-0.15, -0.1) is 0 Å². The average molecular weight is 292 g/mol. The molecule has 1 aromatic carbocycles. The van der Waals surface area contributed by atoms with Crippen molar-refractivity contribution >= 4 is 5.97 Å². The molecule has 0 fully saturated rings. The second-order valence-corrected chi connectivity index (χ2v) is 6.03. The zero-order chi connectivity index (χ0) is 15.8.